The van der Waals surface area contributed by atoms with Crippen LogP contribution in [0, 0.1) is 0 Å². The number of aryl methyl sites for hydroxylation is 1. The van der Waals surface area contributed by atoms with Gasteiger partial charge < -0.3 is 5.73 Å². The second-order valence-electron chi connectivity index (χ2n) is 5.73. The average molecular weight is 290 g/mol. The Kier molecular flexibility index (Phi) is 3.92. The molecule has 1 aliphatic rings. The summed E-state index contributed by atoms with van der Waals surface area (Å²) in [5.74, 6) is 0. The lowest BCUT2D eigenvalue weighted by molar-refractivity contribution is 0.159. The first-order valence-electron chi connectivity index (χ1n) is 7.17. The van der Waals surface area contributed by atoms with Crippen LogP contribution in [0.3, 0.4) is 0 Å². The molecule has 2 N–H and O–H groups in total. The van der Waals surface area contributed by atoms with Gasteiger partial charge in [-0.05, 0) is 31.2 Å². The highest BCUT2D eigenvalue weighted by Gasteiger charge is 2.36. The molecule has 0 aliphatic heterocycles. The van der Waals surface area contributed by atoms with Crippen molar-refractivity contribution in [2.45, 2.75) is 44.4 Å². The van der Waals surface area contributed by atoms with Crippen molar-refractivity contribution in [2.24, 2.45) is 12.8 Å². The molecule has 0 amide bonds. The Morgan fingerprint density at radius 1 is 1.55 bits per heavy atom. The van der Waals surface area contributed by atoms with Crippen LogP contribution in [-0.2, 0) is 13.6 Å². The number of hydrogen-bond donors (Lipinski definition) is 1. The molecule has 0 radical (unpaired) electrons. The second kappa shape index (κ2) is 5.68. The summed E-state index contributed by atoms with van der Waals surface area (Å²) in [4.78, 5) is 3.97. The van der Waals surface area contributed by atoms with E-state index in [-0.39, 0.29) is 12.1 Å². The lowest BCUT2D eigenvalue weighted by atomic mass is 10.0. The van der Waals surface area contributed by atoms with E-state index in [0.29, 0.717) is 6.04 Å². The van der Waals surface area contributed by atoms with Gasteiger partial charge in [-0.3, -0.25) is 9.58 Å². The molecule has 2 unspecified atom stereocenters. The molecule has 2 aromatic rings. The maximum absolute atomic E-state index is 6.30. The second-order valence-corrected chi connectivity index (χ2v) is 6.77. The number of nitrogens with two attached hydrogens (primary N) is 1. The van der Waals surface area contributed by atoms with E-state index in [1.807, 2.05) is 29.3 Å². The Bertz CT molecular complexity index is 542. The van der Waals surface area contributed by atoms with E-state index in [1.165, 1.54) is 23.3 Å². The molecule has 5 heteroatoms. The van der Waals surface area contributed by atoms with E-state index in [9.17, 15) is 0 Å². The van der Waals surface area contributed by atoms with E-state index in [1.54, 1.807) is 0 Å². The van der Waals surface area contributed by atoms with Crippen molar-refractivity contribution < 1.29 is 0 Å². The maximum Gasteiger partial charge on any atom is 0.0538 e. The summed E-state index contributed by atoms with van der Waals surface area (Å²) in [6, 6.07) is 5.35. The summed E-state index contributed by atoms with van der Waals surface area (Å²) >= 11 is 1.82. The van der Waals surface area contributed by atoms with E-state index < -0.39 is 0 Å². The first kappa shape index (κ1) is 13.8. The highest BCUT2D eigenvalue weighted by Crippen LogP contribution is 2.37. The van der Waals surface area contributed by atoms with Crippen molar-refractivity contribution >= 4 is 11.3 Å². The largest absolute Gasteiger partial charge is 0.326 e. The number of nitrogens with zero attached hydrogens (tertiary/aromatic N) is 3. The standard InChI is InChI=1S/C15H22N4S/c1-11(16)15(12-8-17-18(2)9-12)19(13-5-6-13)10-14-4-3-7-20-14/h3-4,7-9,11,13,15H,5-6,10,16H2,1-2H3. The third-order valence-electron chi connectivity index (χ3n) is 3.86. The minimum absolute atomic E-state index is 0.0970. The van der Waals surface area contributed by atoms with Crippen molar-refractivity contribution in [2.75, 3.05) is 0 Å². The molecule has 2 heterocycles. The summed E-state index contributed by atoms with van der Waals surface area (Å²) in [6.45, 7) is 3.09. The van der Waals surface area contributed by atoms with Crippen molar-refractivity contribution in [3.05, 3.63) is 40.3 Å². The molecular formula is C15H22N4S. The zero-order valence-corrected chi connectivity index (χ0v) is 12.9. The normalized spacial score (nSPS) is 18.4. The van der Waals surface area contributed by atoms with Crippen LogP contribution in [0.25, 0.3) is 0 Å². The predicted molar refractivity (Wildman–Crippen MR) is 82.5 cm³/mol. The van der Waals surface area contributed by atoms with Gasteiger partial charge >= 0.3 is 0 Å². The molecule has 1 saturated carbocycles. The van der Waals surface area contributed by atoms with Crippen molar-refractivity contribution in [1.29, 1.82) is 0 Å². The fourth-order valence-electron chi connectivity index (χ4n) is 2.83. The number of rotatable bonds is 6. The van der Waals surface area contributed by atoms with E-state index in [4.69, 9.17) is 5.73 Å². The Morgan fingerprint density at radius 3 is 2.85 bits per heavy atom. The molecule has 0 aromatic carbocycles. The molecule has 20 heavy (non-hydrogen) atoms. The Labute approximate surface area is 124 Å². The Hall–Kier alpha value is -1.17. The van der Waals surface area contributed by atoms with Crippen molar-refractivity contribution in [3.8, 4) is 0 Å². The van der Waals surface area contributed by atoms with Gasteiger partial charge in [0.25, 0.3) is 0 Å². The van der Waals surface area contributed by atoms with E-state index in [2.05, 4.69) is 40.6 Å². The van der Waals surface area contributed by atoms with E-state index in [0.717, 1.165) is 6.54 Å². The third-order valence-corrected chi connectivity index (χ3v) is 4.72. The number of aromatic nitrogens is 2. The molecule has 1 aliphatic carbocycles. The Morgan fingerprint density at radius 2 is 2.35 bits per heavy atom. The van der Waals surface area contributed by atoms with Crippen molar-refractivity contribution in [1.82, 2.24) is 14.7 Å². The molecule has 108 valence electrons. The molecule has 4 nitrogen and oxygen atoms in total. The van der Waals surface area contributed by atoms with Crippen molar-refractivity contribution in [3.63, 3.8) is 0 Å². The average Bonchev–Trinajstić information content (AvgIpc) is 2.96. The van der Waals surface area contributed by atoms with Crippen LogP contribution in [-0.4, -0.2) is 26.8 Å². The monoisotopic (exact) mass is 290 g/mol. The van der Waals surface area contributed by atoms with Crippen LogP contribution < -0.4 is 5.73 Å². The smallest absolute Gasteiger partial charge is 0.0538 e. The fourth-order valence-corrected chi connectivity index (χ4v) is 3.55. The molecule has 1 fully saturated rings. The number of hydrogen-bond acceptors (Lipinski definition) is 4. The first-order chi connectivity index (χ1) is 9.65. The van der Waals surface area contributed by atoms with Gasteiger partial charge in [0.1, 0.15) is 0 Å². The summed E-state index contributed by atoms with van der Waals surface area (Å²) in [6.07, 6.45) is 6.62. The molecule has 0 bridgehead atoms. The van der Waals surface area contributed by atoms with Gasteiger partial charge in [-0.25, -0.2) is 0 Å². The van der Waals surface area contributed by atoms with Crippen LogP contribution in [0.2, 0.25) is 0 Å². The van der Waals surface area contributed by atoms with Crippen LogP contribution in [0.1, 0.15) is 36.2 Å². The Balaban J connectivity index is 1.86. The minimum atomic E-state index is 0.0970. The molecule has 2 aromatic heterocycles. The molecule has 0 spiro atoms. The minimum Gasteiger partial charge on any atom is -0.326 e. The van der Waals surface area contributed by atoms with Gasteiger partial charge in [-0.2, -0.15) is 5.10 Å². The molecule has 2 atom stereocenters. The van der Waals surface area contributed by atoms with Crippen LogP contribution >= 0.6 is 11.3 Å². The van der Waals surface area contributed by atoms with Gasteiger partial charge in [-0.15, -0.1) is 11.3 Å². The topological polar surface area (TPSA) is 47.1 Å². The molecule has 0 saturated heterocycles. The zero-order valence-electron chi connectivity index (χ0n) is 12.1. The molecular weight excluding hydrogens is 268 g/mol. The summed E-state index contributed by atoms with van der Waals surface area (Å²) < 4.78 is 1.86. The van der Waals surface area contributed by atoms with Gasteiger partial charge in [0.05, 0.1) is 12.2 Å². The first-order valence-corrected chi connectivity index (χ1v) is 8.05. The van der Waals surface area contributed by atoms with Gasteiger partial charge in [0.2, 0.25) is 0 Å². The van der Waals surface area contributed by atoms with Crippen LogP contribution in [0.4, 0.5) is 0 Å². The highest BCUT2D eigenvalue weighted by molar-refractivity contribution is 7.09. The quantitative estimate of drug-likeness (QED) is 0.889. The third kappa shape index (κ3) is 2.95. The summed E-state index contributed by atoms with van der Waals surface area (Å²) in [7, 11) is 1.96. The summed E-state index contributed by atoms with van der Waals surface area (Å²) in [5, 5.41) is 6.46. The highest BCUT2D eigenvalue weighted by atomic mass is 32.1. The predicted octanol–water partition coefficient (Wildman–Crippen LogP) is 2.53. The summed E-state index contributed by atoms with van der Waals surface area (Å²) in [5.41, 5.74) is 7.53. The number of thiophene rings is 1. The van der Waals surface area contributed by atoms with Gasteiger partial charge in [0, 0.05) is 42.3 Å². The van der Waals surface area contributed by atoms with Gasteiger partial charge in [-0.1, -0.05) is 6.07 Å². The lowest BCUT2D eigenvalue weighted by Gasteiger charge is -2.33. The fraction of sp³-hybridized carbons (Fsp3) is 0.533. The van der Waals surface area contributed by atoms with Crippen LogP contribution in [0.15, 0.2) is 29.9 Å². The van der Waals surface area contributed by atoms with Crippen LogP contribution in [0.5, 0.6) is 0 Å². The zero-order chi connectivity index (χ0) is 14.1. The SMILES string of the molecule is CC(N)C(c1cnn(C)c1)N(Cc1cccs1)C1CC1. The van der Waals surface area contributed by atoms with E-state index >= 15 is 0 Å². The molecule has 3 rings (SSSR count). The maximum atomic E-state index is 6.30. The lowest BCUT2D eigenvalue weighted by Crippen LogP contribution is -2.40. The van der Waals surface area contributed by atoms with Gasteiger partial charge in [0.15, 0.2) is 0 Å².